The molecule has 108 valence electrons. The first-order valence-corrected chi connectivity index (χ1v) is 5.85. The summed E-state index contributed by atoms with van der Waals surface area (Å²) in [6, 6.07) is 1.12. The number of aromatic amines is 1. The highest BCUT2D eigenvalue weighted by molar-refractivity contribution is 4.93. The molecule has 10 heteroatoms. The molecule has 0 aromatic carbocycles. The first kappa shape index (κ1) is 14.3. The fraction of sp³-hybridized carbons (Fsp3) is 0.600. The Labute approximate surface area is 111 Å². The number of azide groups is 1. The summed E-state index contributed by atoms with van der Waals surface area (Å²) in [5, 5.41) is 22.7. The number of hydrogen-bond acceptors (Lipinski definition) is 6. The number of ether oxygens (including phenoxy) is 1. The first-order valence-electron chi connectivity index (χ1n) is 5.85. The molecule has 4 atom stereocenters. The molecule has 1 aromatic rings. The van der Waals surface area contributed by atoms with Gasteiger partial charge in [-0.1, -0.05) is 5.11 Å². The van der Waals surface area contributed by atoms with E-state index in [2.05, 4.69) is 10.0 Å². The van der Waals surface area contributed by atoms with Gasteiger partial charge in [-0.25, -0.2) is 4.79 Å². The summed E-state index contributed by atoms with van der Waals surface area (Å²) in [5.41, 5.74) is 7.01. The number of aliphatic hydroxyl groups excluding tert-OH is 2. The van der Waals surface area contributed by atoms with E-state index in [0.717, 1.165) is 10.6 Å². The zero-order valence-electron chi connectivity index (χ0n) is 10.3. The standard InChI is InChI=1S/C10H13N5O5/c11-14-12-3-5-6(4-16)20-9(8(5)18)15-2-1-7(17)13-10(15)19/h1-2,5-6,8-9,16,18H,3-4H2,(H,13,17,19)/t5-,6-,8-,9-/m1/s1. The lowest BCUT2D eigenvalue weighted by atomic mass is 9.98. The number of aromatic nitrogens is 2. The van der Waals surface area contributed by atoms with Crippen molar-refractivity contribution in [2.24, 2.45) is 11.0 Å². The van der Waals surface area contributed by atoms with Gasteiger partial charge < -0.3 is 14.9 Å². The smallest absolute Gasteiger partial charge is 0.330 e. The van der Waals surface area contributed by atoms with Gasteiger partial charge in [-0.2, -0.15) is 0 Å². The Kier molecular flexibility index (Phi) is 4.20. The van der Waals surface area contributed by atoms with Gasteiger partial charge in [0, 0.05) is 29.6 Å². The summed E-state index contributed by atoms with van der Waals surface area (Å²) in [5.74, 6) is -0.639. The highest BCUT2D eigenvalue weighted by atomic mass is 16.5. The Bertz CT molecular complexity index is 633. The summed E-state index contributed by atoms with van der Waals surface area (Å²) < 4.78 is 6.42. The van der Waals surface area contributed by atoms with E-state index in [9.17, 15) is 19.8 Å². The van der Waals surface area contributed by atoms with Crippen LogP contribution in [-0.2, 0) is 4.74 Å². The summed E-state index contributed by atoms with van der Waals surface area (Å²) in [4.78, 5) is 27.3. The Balaban J connectivity index is 2.31. The van der Waals surface area contributed by atoms with Crippen molar-refractivity contribution in [3.8, 4) is 0 Å². The summed E-state index contributed by atoms with van der Waals surface area (Å²) in [7, 11) is 0. The van der Waals surface area contributed by atoms with E-state index in [1.165, 1.54) is 6.20 Å². The van der Waals surface area contributed by atoms with Crippen molar-refractivity contribution in [1.29, 1.82) is 0 Å². The van der Waals surface area contributed by atoms with Crippen LogP contribution >= 0.6 is 0 Å². The second kappa shape index (κ2) is 5.88. The molecule has 1 fully saturated rings. The van der Waals surface area contributed by atoms with Crippen LogP contribution in [-0.4, -0.2) is 45.1 Å². The lowest BCUT2D eigenvalue weighted by molar-refractivity contribution is -0.0535. The van der Waals surface area contributed by atoms with Crippen LogP contribution in [0.5, 0.6) is 0 Å². The van der Waals surface area contributed by atoms with E-state index in [0.29, 0.717) is 0 Å². The predicted octanol–water partition coefficient (Wildman–Crippen LogP) is -1.29. The van der Waals surface area contributed by atoms with Crippen LogP contribution < -0.4 is 11.2 Å². The van der Waals surface area contributed by atoms with Crippen molar-refractivity contribution in [2.75, 3.05) is 13.2 Å². The number of nitrogens with zero attached hydrogens (tertiary/aromatic N) is 4. The molecule has 0 bridgehead atoms. The maximum Gasteiger partial charge on any atom is 0.330 e. The topological polar surface area (TPSA) is 153 Å². The first-order chi connectivity index (χ1) is 9.58. The zero-order valence-corrected chi connectivity index (χ0v) is 10.3. The second-order valence-electron chi connectivity index (χ2n) is 4.33. The second-order valence-corrected chi connectivity index (χ2v) is 4.33. The van der Waals surface area contributed by atoms with E-state index in [4.69, 9.17) is 10.3 Å². The lowest BCUT2D eigenvalue weighted by Crippen LogP contribution is -2.36. The van der Waals surface area contributed by atoms with Crippen LogP contribution in [0.15, 0.2) is 27.0 Å². The molecule has 10 nitrogen and oxygen atoms in total. The van der Waals surface area contributed by atoms with Gasteiger partial charge in [0.2, 0.25) is 0 Å². The van der Waals surface area contributed by atoms with Gasteiger partial charge in [-0.05, 0) is 5.53 Å². The van der Waals surface area contributed by atoms with Crippen LogP contribution in [0.4, 0.5) is 0 Å². The highest BCUT2D eigenvalue weighted by Crippen LogP contribution is 2.33. The van der Waals surface area contributed by atoms with E-state index in [-0.39, 0.29) is 6.54 Å². The monoisotopic (exact) mass is 283 g/mol. The Hall–Kier alpha value is -2.13. The minimum Gasteiger partial charge on any atom is -0.394 e. The number of aliphatic hydroxyl groups is 2. The average molecular weight is 283 g/mol. The van der Waals surface area contributed by atoms with Crippen LogP contribution in [0.3, 0.4) is 0 Å². The quantitative estimate of drug-likeness (QED) is 0.356. The van der Waals surface area contributed by atoms with Gasteiger partial charge in [0.05, 0.1) is 12.7 Å². The molecular formula is C10H13N5O5. The molecule has 2 rings (SSSR count). The average Bonchev–Trinajstić information content (AvgIpc) is 2.73. The van der Waals surface area contributed by atoms with Gasteiger partial charge in [0.1, 0.15) is 6.10 Å². The van der Waals surface area contributed by atoms with E-state index >= 15 is 0 Å². The minimum absolute atomic E-state index is 0.0719. The Morgan fingerprint density at radius 3 is 2.90 bits per heavy atom. The van der Waals surface area contributed by atoms with Gasteiger partial charge in [0.15, 0.2) is 6.23 Å². The highest BCUT2D eigenvalue weighted by Gasteiger charge is 2.44. The molecule has 1 aromatic heterocycles. The van der Waals surface area contributed by atoms with Crippen molar-refractivity contribution in [1.82, 2.24) is 9.55 Å². The molecule has 1 aliphatic rings. The molecule has 0 amide bonds. The fourth-order valence-electron chi connectivity index (χ4n) is 2.18. The minimum atomic E-state index is -1.15. The summed E-state index contributed by atoms with van der Waals surface area (Å²) in [6.07, 6.45) is -1.78. The Morgan fingerprint density at radius 2 is 2.30 bits per heavy atom. The van der Waals surface area contributed by atoms with Crippen LogP contribution in [0, 0.1) is 5.92 Å². The fourth-order valence-corrected chi connectivity index (χ4v) is 2.18. The molecular weight excluding hydrogens is 270 g/mol. The number of hydrogen-bond donors (Lipinski definition) is 3. The molecule has 20 heavy (non-hydrogen) atoms. The van der Waals surface area contributed by atoms with E-state index < -0.39 is 42.2 Å². The SMILES string of the molecule is [N-]=[N+]=NC[C@H]1[C@@H](O)[C@H](n2ccc(=O)[nH]c2=O)O[C@@H]1CO. The molecule has 3 N–H and O–H groups in total. The largest absolute Gasteiger partial charge is 0.394 e. The van der Waals surface area contributed by atoms with Crippen molar-refractivity contribution >= 4 is 0 Å². The molecule has 0 spiro atoms. The van der Waals surface area contributed by atoms with Crippen LogP contribution in [0.1, 0.15) is 6.23 Å². The maximum atomic E-state index is 11.7. The van der Waals surface area contributed by atoms with Crippen LogP contribution in [0.25, 0.3) is 10.4 Å². The molecule has 1 aliphatic heterocycles. The number of nitrogens with one attached hydrogen (secondary N) is 1. The zero-order chi connectivity index (χ0) is 14.7. The molecule has 0 unspecified atom stereocenters. The number of H-pyrrole nitrogens is 1. The number of rotatable bonds is 4. The molecule has 0 aliphatic carbocycles. The van der Waals surface area contributed by atoms with E-state index in [1.54, 1.807) is 0 Å². The van der Waals surface area contributed by atoms with Gasteiger partial charge in [0.25, 0.3) is 5.56 Å². The van der Waals surface area contributed by atoms with Crippen molar-refractivity contribution in [3.63, 3.8) is 0 Å². The maximum absolute atomic E-state index is 11.7. The normalized spacial score (nSPS) is 29.1. The third-order valence-electron chi connectivity index (χ3n) is 3.18. The van der Waals surface area contributed by atoms with Crippen molar-refractivity contribution in [3.05, 3.63) is 43.5 Å². The van der Waals surface area contributed by atoms with Gasteiger partial charge in [-0.15, -0.1) is 0 Å². The lowest BCUT2D eigenvalue weighted by Gasteiger charge is -2.17. The third-order valence-corrected chi connectivity index (χ3v) is 3.18. The van der Waals surface area contributed by atoms with Crippen LogP contribution in [0.2, 0.25) is 0 Å². The molecule has 0 radical (unpaired) electrons. The van der Waals surface area contributed by atoms with Gasteiger partial charge >= 0.3 is 5.69 Å². The molecule has 2 heterocycles. The van der Waals surface area contributed by atoms with Gasteiger partial charge in [-0.3, -0.25) is 14.3 Å². The Morgan fingerprint density at radius 1 is 1.55 bits per heavy atom. The van der Waals surface area contributed by atoms with Crippen molar-refractivity contribution in [2.45, 2.75) is 18.4 Å². The third kappa shape index (κ3) is 2.58. The summed E-state index contributed by atoms with van der Waals surface area (Å²) >= 11 is 0. The van der Waals surface area contributed by atoms with E-state index in [1.807, 2.05) is 4.98 Å². The molecule has 0 saturated carbocycles. The predicted molar refractivity (Wildman–Crippen MR) is 65.8 cm³/mol. The van der Waals surface area contributed by atoms with Crippen molar-refractivity contribution < 1.29 is 14.9 Å². The molecule has 1 saturated heterocycles. The summed E-state index contributed by atoms with van der Waals surface area (Å²) in [6.45, 7) is -0.464.